The Bertz CT molecular complexity index is 1140. The number of carbonyl (C=O) groups excluding carboxylic acids is 2. The molecule has 0 spiro atoms. The van der Waals surface area contributed by atoms with Crippen LogP contribution >= 0.6 is 11.6 Å². The molecular weight excluding hydrogens is 452 g/mol. The van der Waals surface area contributed by atoms with Gasteiger partial charge < -0.3 is 9.64 Å². The number of carbonyl (C=O) groups is 2. The van der Waals surface area contributed by atoms with E-state index in [4.69, 9.17) is 16.3 Å². The smallest absolute Gasteiger partial charge is 0.338 e. The second kappa shape index (κ2) is 9.21. The Hall–Kier alpha value is -2.42. The van der Waals surface area contributed by atoms with Crippen LogP contribution in [-0.2, 0) is 26.0 Å². The molecule has 1 fully saturated rings. The van der Waals surface area contributed by atoms with Crippen molar-refractivity contribution in [1.29, 1.82) is 0 Å². The van der Waals surface area contributed by atoms with Crippen molar-refractivity contribution in [2.75, 3.05) is 24.5 Å². The van der Waals surface area contributed by atoms with Crippen molar-refractivity contribution in [2.45, 2.75) is 43.6 Å². The summed E-state index contributed by atoms with van der Waals surface area (Å²) in [6, 6.07) is 11.6. The predicted molar refractivity (Wildman–Crippen MR) is 121 cm³/mol. The van der Waals surface area contributed by atoms with Crippen molar-refractivity contribution < 1.29 is 22.7 Å². The maximum Gasteiger partial charge on any atom is 0.338 e. The molecule has 32 heavy (non-hydrogen) atoms. The van der Waals surface area contributed by atoms with Crippen LogP contribution in [-0.4, -0.2) is 50.3 Å². The Balaban J connectivity index is 1.50. The molecule has 1 amide bonds. The first kappa shape index (κ1) is 22.8. The van der Waals surface area contributed by atoms with Crippen LogP contribution in [0.4, 0.5) is 5.69 Å². The number of amides is 1. The van der Waals surface area contributed by atoms with Gasteiger partial charge in [0.05, 0.1) is 10.6 Å². The van der Waals surface area contributed by atoms with Gasteiger partial charge in [0.1, 0.15) is 4.90 Å². The molecule has 4 rings (SSSR count). The number of piperidine rings is 1. The van der Waals surface area contributed by atoms with Crippen molar-refractivity contribution in [3.05, 3.63) is 58.6 Å². The summed E-state index contributed by atoms with van der Waals surface area (Å²) in [6.45, 7) is 2.90. The van der Waals surface area contributed by atoms with Crippen LogP contribution in [0.15, 0.2) is 47.4 Å². The molecule has 0 radical (unpaired) electrons. The summed E-state index contributed by atoms with van der Waals surface area (Å²) in [7, 11) is -3.82. The lowest BCUT2D eigenvalue weighted by Crippen LogP contribution is -2.39. The third kappa shape index (κ3) is 4.40. The predicted octanol–water partition coefficient (Wildman–Crippen LogP) is 3.65. The van der Waals surface area contributed by atoms with E-state index in [-0.39, 0.29) is 21.4 Å². The minimum atomic E-state index is -3.82. The second-order valence-corrected chi connectivity index (χ2v) is 10.3. The van der Waals surface area contributed by atoms with E-state index in [0.29, 0.717) is 19.6 Å². The first-order valence-electron chi connectivity index (χ1n) is 10.7. The Kier molecular flexibility index (Phi) is 6.55. The third-order valence-electron chi connectivity index (χ3n) is 5.88. The summed E-state index contributed by atoms with van der Waals surface area (Å²) in [4.78, 5) is 27.1. The highest BCUT2D eigenvalue weighted by Crippen LogP contribution is 2.30. The Labute approximate surface area is 193 Å². The lowest BCUT2D eigenvalue weighted by atomic mass is 10.2. The molecular formula is C23H25ClN2O5S. The van der Waals surface area contributed by atoms with E-state index in [1.807, 2.05) is 24.3 Å². The first-order valence-corrected chi connectivity index (χ1v) is 12.5. The van der Waals surface area contributed by atoms with Crippen LogP contribution in [0.5, 0.6) is 0 Å². The Morgan fingerprint density at radius 2 is 1.75 bits per heavy atom. The summed E-state index contributed by atoms with van der Waals surface area (Å²) in [5, 5.41) is 0.0462. The summed E-state index contributed by atoms with van der Waals surface area (Å²) in [6.07, 6.45) is 2.29. The number of nitrogens with zero attached hydrogens (tertiary/aromatic N) is 2. The molecule has 2 aliphatic rings. The molecule has 1 atom stereocenters. The average molecular weight is 477 g/mol. The van der Waals surface area contributed by atoms with Gasteiger partial charge in [0.2, 0.25) is 10.0 Å². The lowest BCUT2D eigenvalue weighted by molar-refractivity contribution is -0.126. The van der Waals surface area contributed by atoms with Gasteiger partial charge in [-0.25, -0.2) is 13.2 Å². The number of benzene rings is 2. The van der Waals surface area contributed by atoms with Gasteiger partial charge in [-0.05, 0) is 56.0 Å². The highest BCUT2D eigenvalue weighted by molar-refractivity contribution is 7.89. The molecule has 2 aromatic carbocycles. The number of hydrogen-bond acceptors (Lipinski definition) is 5. The fourth-order valence-corrected chi connectivity index (χ4v) is 6.16. The van der Waals surface area contributed by atoms with Gasteiger partial charge in [0, 0.05) is 25.3 Å². The number of hydrogen-bond donors (Lipinski definition) is 0. The van der Waals surface area contributed by atoms with Crippen molar-refractivity contribution in [2.24, 2.45) is 0 Å². The van der Waals surface area contributed by atoms with E-state index in [0.717, 1.165) is 36.9 Å². The van der Waals surface area contributed by atoms with Gasteiger partial charge in [-0.2, -0.15) is 4.31 Å². The SMILES string of the molecule is C[C@@H](OC(=O)c1ccc(Cl)c(S(=O)(=O)N2CCCCC2)c1)C(=O)N1CCc2ccccc21. The number of rotatable bonds is 5. The van der Waals surface area contributed by atoms with Gasteiger partial charge in [-0.15, -0.1) is 0 Å². The van der Waals surface area contributed by atoms with Gasteiger partial charge in [-0.1, -0.05) is 36.2 Å². The van der Waals surface area contributed by atoms with Crippen LogP contribution < -0.4 is 4.90 Å². The van der Waals surface area contributed by atoms with Crippen molar-refractivity contribution >= 4 is 39.2 Å². The van der Waals surface area contributed by atoms with Crippen LogP contribution in [0.2, 0.25) is 5.02 Å². The van der Waals surface area contributed by atoms with Crippen LogP contribution in [0.1, 0.15) is 42.1 Å². The minimum Gasteiger partial charge on any atom is -0.449 e. The van der Waals surface area contributed by atoms with Crippen LogP contribution in [0.25, 0.3) is 0 Å². The van der Waals surface area contributed by atoms with Gasteiger partial charge in [0.15, 0.2) is 6.10 Å². The van der Waals surface area contributed by atoms with Crippen LogP contribution in [0.3, 0.4) is 0 Å². The molecule has 9 heteroatoms. The lowest BCUT2D eigenvalue weighted by Gasteiger charge is -2.26. The second-order valence-electron chi connectivity index (χ2n) is 8.03. The number of sulfonamides is 1. The van der Waals surface area contributed by atoms with Crippen molar-refractivity contribution in [3.8, 4) is 0 Å². The Morgan fingerprint density at radius 1 is 1.03 bits per heavy atom. The zero-order valence-corrected chi connectivity index (χ0v) is 19.4. The van der Waals surface area contributed by atoms with Gasteiger partial charge >= 0.3 is 5.97 Å². The molecule has 0 aromatic heterocycles. The van der Waals surface area contributed by atoms with Crippen molar-refractivity contribution in [3.63, 3.8) is 0 Å². The Morgan fingerprint density at radius 3 is 2.50 bits per heavy atom. The minimum absolute atomic E-state index is 0.0338. The highest BCUT2D eigenvalue weighted by Gasteiger charge is 2.32. The molecule has 0 aliphatic carbocycles. The molecule has 7 nitrogen and oxygen atoms in total. The highest BCUT2D eigenvalue weighted by atomic mass is 35.5. The van der Waals surface area contributed by atoms with E-state index in [2.05, 4.69) is 0 Å². The van der Waals surface area contributed by atoms with Crippen molar-refractivity contribution in [1.82, 2.24) is 4.31 Å². The number of anilines is 1. The topological polar surface area (TPSA) is 84.0 Å². The normalized spacial score (nSPS) is 17.6. The zero-order chi connectivity index (χ0) is 22.9. The molecule has 1 saturated heterocycles. The van der Waals surface area contributed by atoms with E-state index in [1.54, 1.807) is 4.90 Å². The maximum absolute atomic E-state index is 13.0. The van der Waals surface area contributed by atoms with E-state index in [1.165, 1.54) is 29.4 Å². The van der Waals surface area contributed by atoms with E-state index >= 15 is 0 Å². The maximum atomic E-state index is 13.0. The quantitative estimate of drug-likeness (QED) is 0.615. The number of ether oxygens (including phenoxy) is 1. The molecule has 0 saturated carbocycles. The monoisotopic (exact) mass is 476 g/mol. The van der Waals surface area contributed by atoms with Gasteiger partial charge in [-0.3, -0.25) is 4.79 Å². The molecule has 0 bridgehead atoms. The van der Waals surface area contributed by atoms with E-state index in [9.17, 15) is 18.0 Å². The summed E-state index contributed by atoms with van der Waals surface area (Å²) >= 11 is 6.18. The standard InChI is InChI=1S/C23H25ClN2O5S/c1-16(22(27)26-14-11-17-7-3-4-8-20(17)26)31-23(28)18-9-10-19(24)21(15-18)32(29,30)25-12-5-2-6-13-25/h3-4,7-10,15-16H,2,5-6,11-14H2,1H3/t16-/m1/s1. The summed E-state index contributed by atoms with van der Waals surface area (Å²) in [5.74, 6) is -1.09. The number of esters is 1. The molecule has 0 N–H and O–H groups in total. The number of halogens is 1. The molecule has 2 heterocycles. The third-order valence-corrected chi connectivity index (χ3v) is 8.26. The fraction of sp³-hybridized carbons (Fsp3) is 0.391. The summed E-state index contributed by atoms with van der Waals surface area (Å²) < 4.78 is 32.9. The first-order chi connectivity index (χ1) is 15.3. The zero-order valence-electron chi connectivity index (χ0n) is 17.8. The van der Waals surface area contributed by atoms with Crippen LogP contribution in [0, 0.1) is 0 Å². The number of para-hydroxylation sites is 1. The molecule has 0 unspecified atom stereocenters. The average Bonchev–Trinajstić information content (AvgIpc) is 3.23. The molecule has 2 aliphatic heterocycles. The fourth-order valence-electron chi connectivity index (χ4n) is 4.14. The summed E-state index contributed by atoms with van der Waals surface area (Å²) in [5.41, 5.74) is 1.93. The van der Waals surface area contributed by atoms with Gasteiger partial charge in [0.25, 0.3) is 5.91 Å². The van der Waals surface area contributed by atoms with E-state index < -0.39 is 22.1 Å². The largest absolute Gasteiger partial charge is 0.449 e. The number of fused-ring (bicyclic) bond motifs is 1. The molecule has 170 valence electrons. The molecule has 2 aromatic rings.